The van der Waals surface area contributed by atoms with Gasteiger partial charge in [0.25, 0.3) is 0 Å². The van der Waals surface area contributed by atoms with E-state index in [0.717, 1.165) is 12.1 Å². The molecular weight excluding hydrogens is 246 g/mol. The third-order valence-electron chi connectivity index (χ3n) is 3.41. The fourth-order valence-corrected chi connectivity index (χ4v) is 2.56. The number of rotatable bonds is 5. The molecule has 20 heavy (non-hydrogen) atoms. The van der Waals surface area contributed by atoms with Crippen LogP contribution in [0.3, 0.4) is 0 Å². The summed E-state index contributed by atoms with van der Waals surface area (Å²) < 4.78 is 0. The predicted octanol–water partition coefficient (Wildman–Crippen LogP) is 3.47. The van der Waals surface area contributed by atoms with E-state index in [2.05, 4.69) is 49.1 Å². The van der Waals surface area contributed by atoms with E-state index in [1.54, 1.807) is 0 Å². The van der Waals surface area contributed by atoms with Gasteiger partial charge in [-0.1, -0.05) is 59.7 Å². The molecule has 0 aliphatic carbocycles. The molecule has 2 aromatic rings. The zero-order valence-corrected chi connectivity index (χ0v) is 12.5. The maximum atomic E-state index is 10.4. The number of aryl methyl sites for hydroxylation is 2. The van der Waals surface area contributed by atoms with Crippen molar-refractivity contribution in [1.29, 1.82) is 0 Å². The average molecular weight is 269 g/mol. The molecule has 1 unspecified atom stereocenters. The highest BCUT2D eigenvalue weighted by Gasteiger charge is 2.11. The molecule has 0 aliphatic heterocycles. The van der Waals surface area contributed by atoms with Gasteiger partial charge in [-0.3, -0.25) is 4.90 Å². The first-order valence-electron chi connectivity index (χ1n) is 7.03. The number of aliphatic hydroxyl groups is 1. The Hall–Kier alpha value is -1.64. The minimum atomic E-state index is -0.442. The molecule has 2 rings (SSSR count). The second-order valence-corrected chi connectivity index (χ2v) is 5.62. The third-order valence-corrected chi connectivity index (χ3v) is 3.41. The number of aliphatic hydroxyl groups excluding tert-OH is 1. The zero-order chi connectivity index (χ0) is 14.5. The van der Waals surface area contributed by atoms with Gasteiger partial charge in [-0.25, -0.2) is 0 Å². The minimum absolute atomic E-state index is 0.442. The molecule has 106 valence electrons. The van der Waals surface area contributed by atoms with Gasteiger partial charge in [0.2, 0.25) is 0 Å². The quantitative estimate of drug-likeness (QED) is 0.898. The lowest BCUT2D eigenvalue weighted by molar-refractivity contribution is 0.123. The van der Waals surface area contributed by atoms with Crippen LogP contribution < -0.4 is 0 Å². The van der Waals surface area contributed by atoms with Crippen LogP contribution in [0.5, 0.6) is 0 Å². The summed E-state index contributed by atoms with van der Waals surface area (Å²) >= 11 is 0. The normalized spacial score (nSPS) is 12.7. The summed E-state index contributed by atoms with van der Waals surface area (Å²) in [5.74, 6) is 0. The molecule has 0 spiro atoms. The monoisotopic (exact) mass is 269 g/mol. The molecule has 2 aromatic carbocycles. The summed E-state index contributed by atoms with van der Waals surface area (Å²) in [6.45, 7) is 5.62. The fourth-order valence-electron chi connectivity index (χ4n) is 2.56. The lowest BCUT2D eigenvalue weighted by Crippen LogP contribution is -2.24. The molecule has 0 saturated carbocycles. The van der Waals surface area contributed by atoms with Gasteiger partial charge in [-0.05, 0) is 32.0 Å². The first kappa shape index (κ1) is 14.8. The van der Waals surface area contributed by atoms with Crippen molar-refractivity contribution in [2.75, 3.05) is 13.6 Å². The topological polar surface area (TPSA) is 23.5 Å². The maximum absolute atomic E-state index is 10.4. The van der Waals surface area contributed by atoms with E-state index in [1.807, 2.05) is 25.2 Å². The van der Waals surface area contributed by atoms with E-state index in [-0.39, 0.29) is 0 Å². The van der Waals surface area contributed by atoms with Crippen LogP contribution in [0, 0.1) is 13.8 Å². The van der Waals surface area contributed by atoms with Crippen LogP contribution in [0.15, 0.2) is 48.5 Å². The van der Waals surface area contributed by atoms with Crippen molar-refractivity contribution in [3.63, 3.8) is 0 Å². The van der Waals surface area contributed by atoms with Gasteiger partial charge in [0.05, 0.1) is 6.10 Å². The molecule has 0 fully saturated rings. The van der Waals surface area contributed by atoms with E-state index in [9.17, 15) is 5.11 Å². The smallest absolute Gasteiger partial charge is 0.0917 e. The second-order valence-electron chi connectivity index (χ2n) is 5.62. The maximum Gasteiger partial charge on any atom is 0.0917 e. The molecule has 0 bridgehead atoms. The van der Waals surface area contributed by atoms with E-state index in [1.165, 1.54) is 16.7 Å². The van der Waals surface area contributed by atoms with E-state index < -0.39 is 6.10 Å². The van der Waals surface area contributed by atoms with Crippen molar-refractivity contribution in [2.24, 2.45) is 0 Å². The van der Waals surface area contributed by atoms with Crippen LogP contribution in [-0.2, 0) is 6.54 Å². The van der Waals surface area contributed by atoms with Crippen LogP contribution in [0.25, 0.3) is 0 Å². The van der Waals surface area contributed by atoms with Gasteiger partial charge < -0.3 is 5.11 Å². The number of hydrogen-bond donors (Lipinski definition) is 1. The summed E-state index contributed by atoms with van der Waals surface area (Å²) in [6.07, 6.45) is -0.442. The SMILES string of the molecule is Cc1cc(C)cc(C(O)CN(C)Cc2ccccc2)c1. The van der Waals surface area contributed by atoms with Gasteiger partial charge in [0.1, 0.15) is 0 Å². The molecule has 1 atom stereocenters. The van der Waals surface area contributed by atoms with Gasteiger partial charge >= 0.3 is 0 Å². The molecular formula is C18H23NO. The number of hydrogen-bond acceptors (Lipinski definition) is 2. The molecule has 0 aromatic heterocycles. The number of benzene rings is 2. The Morgan fingerprint density at radius 3 is 2.20 bits per heavy atom. The van der Waals surface area contributed by atoms with Crippen LogP contribution in [0.1, 0.15) is 28.4 Å². The number of likely N-dealkylation sites (N-methyl/N-ethyl adjacent to an activating group) is 1. The highest BCUT2D eigenvalue weighted by molar-refractivity contribution is 5.30. The molecule has 0 amide bonds. The summed E-state index contributed by atoms with van der Waals surface area (Å²) in [7, 11) is 2.04. The summed E-state index contributed by atoms with van der Waals surface area (Å²) in [6, 6.07) is 16.6. The molecule has 0 aliphatic rings. The zero-order valence-electron chi connectivity index (χ0n) is 12.5. The Balaban J connectivity index is 1.98. The van der Waals surface area contributed by atoms with Crippen molar-refractivity contribution in [3.05, 3.63) is 70.8 Å². The number of nitrogens with zero attached hydrogens (tertiary/aromatic N) is 1. The fraction of sp³-hybridized carbons (Fsp3) is 0.333. The predicted molar refractivity (Wildman–Crippen MR) is 83.7 cm³/mol. The van der Waals surface area contributed by atoms with Crippen molar-refractivity contribution >= 4 is 0 Å². The highest BCUT2D eigenvalue weighted by atomic mass is 16.3. The molecule has 0 saturated heterocycles. The van der Waals surface area contributed by atoms with Crippen LogP contribution in [-0.4, -0.2) is 23.6 Å². The van der Waals surface area contributed by atoms with Gasteiger partial charge in [0.15, 0.2) is 0 Å². The lowest BCUT2D eigenvalue weighted by Gasteiger charge is -2.21. The third kappa shape index (κ3) is 4.19. The molecule has 2 nitrogen and oxygen atoms in total. The Morgan fingerprint density at radius 2 is 1.60 bits per heavy atom. The molecule has 1 N–H and O–H groups in total. The first-order chi connectivity index (χ1) is 9.54. The van der Waals surface area contributed by atoms with E-state index in [4.69, 9.17) is 0 Å². The Kier molecular flexibility index (Phi) is 4.94. The largest absolute Gasteiger partial charge is 0.387 e. The average Bonchev–Trinajstić information content (AvgIpc) is 2.38. The molecule has 2 heteroatoms. The Labute approximate surface area is 121 Å². The summed E-state index contributed by atoms with van der Waals surface area (Å²) in [4.78, 5) is 2.15. The Morgan fingerprint density at radius 1 is 1.00 bits per heavy atom. The molecule has 0 radical (unpaired) electrons. The van der Waals surface area contributed by atoms with Crippen molar-refractivity contribution in [3.8, 4) is 0 Å². The van der Waals surface area contributed by atoms with Crippen LogP contribution >= 0.6 is 0 Å². The van der Waals surface area contributed by atoms with Gasteiger partial charge in [-0.15, -0.1) is 0 Å². The summed E-state index contributed by atoms with van der Waals surface area (Å²) in [5, 5.41) is 10.4. The van der Waals surface area contributed by atoms with Crippen molar-refractivity contribution in [2.45, 2.75) is 26.5 Å². The standard InChI is InChI=1S/C18H23NO/c1-14-9-15(2)11-17(10-14)18(20)13-19(3)12-16-7-5-4-6-8-16/h4-11,18,20H,12-13H2,1-3H3. The van der Waals surface area contributed by atoms with Gasteiger partial charge in [0, 0.05) is 13.1 Å². The first-order valence-corrected chi connectivity index (χ1v) is 7.03. The van der Waals surface area contributed by atoms with Crippen LogP contribution in [0.4, 0.5) is 0 Å². The Bertz CT molecular complexity index is 530. The van der Waals surface area contributed by atoms with E-state index >= 15 is 0 Å². The second kappa shape index (κ2) is 6.69. The van der Waals surface area contributed by atoms with Crippen LogP contribution in [0.2, 0.25) is 0 Å². The van der Waals surface area contributed by atoms with Crippen molar-refractivity contribution in [1.82, 2.24) is 4.90 Å². The summed E-state index contributed by atoms with van der Waals surface area (Å²) in [5.41, 5.74) is 4.67. The lowest BCUT2D eigenvalue weighted by atomic mass is 10.0. The minimum Gasteiger partial charge on any atom is -0.387 e. The highest BCUT2D eigenvalue weighted by Crippen LogP contribution is 2.18. The van der Waals surface area contributed by atoms with Crippen molar-refractivity contribution < 1.29 is 5.11 Å². The van der Waals surface area contributed by atoms with E-state index in [0.29, 0.717) is 6.54 Å². The molecule has 0 heterocycles. The van der Waals surface area contributed by atoms with Gasteiger partial charge in [-0.2, -0.15) is 0 Å².